The van der Waals surface area contributed by atoms with Crippen LogP contribution in [0, 0.1) is 11.3 Å². The first kappa shape index (κ1) is 17.7. The van der Waals surface area contributed by atoms with Crippen LogP contribution in [0.5, 0.6) is 0 Å². The van der Waals surface area contributed by atoms with Gasteiger partial charge in [-0.25, -0.2) is 4.79 Å². The van der Waals surface area contributed by atoms with Crippen LogP contribution in [-0.2, 0) is 9.53 Å². The molecule has 24 heavy (non-hydrogen) atoms. The molecule has 2 aromatic carbocycles. The predicted molar refractivity (Wildman–Crippen MR) is 92.1 cm³/mol. The van der Waals surface area contributed by atoms with Crippen LogP contribution < -0.4 is 5.32 Å². The van der Waals surface area contributed by atoms with Crippen LogP contribution in [0.1, 0.15) is 34.5 Å². The van der Waals surface area contributed by atoms with E-state index in [1.165, 1.54) is 24.3 Å². The van der Waals surface area contributed by atoms with Crippen LogP contribution in [0.4, 0.5) is 0 Å². The molecule has 0 aromatic heterocycles. The molecule has 0 radical (unpaired) electrons. The van der Waals surface area contributed by atoms with E-state index in [9.17, 15) is 9.59 Å². The molecule has 0 unspecified atom stereocenters. The van der Waals surface area contributed by atoms with Crippen LogP contribution in [0.25, 0.3) is 0 Å². The number of halogens is 1. The first-order valence-electron chi connectivity index (χ1n) is 7.21. The summed E-state index contributed by atoms with van der Waals surface area (Å²) in [5, 5.41) is 11.5. The second-order valence-corrected chi connectivity index (χ2v) is 6.02. The third-order valence-corrected chi connectivity index (χ3v) is 3.86. The fraction of sp³-hybridized carbons (Fsp3) is 0.167. The number of nitrogens with one attached hydrogen (secondary N) is 1. The van der Waals surface area contributed by atoms with E-state index in [-0.39, 0.29) is 18.6 Å². The number of benzene rings is 2. The summed E-state index contributed by atoms with van der Waals surface area (Å²) in [7, 11) is 0. The molecular weight excluding hydrogens is 372 g/mol. The number of nitrogens with zero attached hydrogens (tertiary/aromatic N) is 1. The zero-order valence-electron chi connectivity index (χ0n) is 13.0. The summed E-state index contributed by atoms with van der Waals surface area (Å²) in [6, 6.07) is 15.4. The van der Waals surface area contributed by atoms with Gasteiger partial charge in [0.15, 0.2) is 6.61 Å². The van der Waals surface area contributed by atoms with Gasteiger partial charge in [0.25, 0.3) is 5.91 Å². The van der Waals surface area contributed by atoms with Gasteiger partial charge in [0.2, 0.25) is 0 Å². The zero-order valence-corrected chi connectivity index (χ0v) is 14.5. The number of hydrogen-bond donors (Lipinski definition) is 1. The van der Waals surface area contributed by atoms with Gasteiger partial charge in [0.1, 0.15) is 0 Å². The van der Waals surface area contributed by atoms with Gasteiger partial charge in [-0.3, -0.25) is 4.79 Å². The molecule has 2 rings (SSSR count). The number of carbonyl (C=O) groups is 2. The Bertz CT molecular complexity index is 764. The highest BCUT2D eigenvalue weighted by molar-refractivity contribution is 9.10. The second kappa shape index (κ2) is 8.27. The molecule has 2 aromatic rings. The van der Waals surface area contributed by atoms with Crippen LogP contribution >= 0.6 is 15.9 Å². The normalized spacial score (nSPS) is 11.2. The minimum Gasteiger partial charge on any atom is -0.452 e. The van der Waals surface area contributed by atoms with Crippen LogP contribution in [0.15, 0.2) is 53.0 Å². The van der Waals surface area contributed by atoms with Gasteiger partial charge in [0, 0.05) is 4.47 Å². The first-order chi connectivity index (χ1) is 11.5. The lowest BCUT2D eigenvalue weighted by atomic mass is 10.1. The third-order valence-electron chi connectivity index (χ3n) is 3.33. The Labute approximate surface area is 148 Å². The third kappa shape index (κ3) is 4.93. The van der Waals surface area contributed by atoms with Crippen molar-refractivity contribution in [3.8, 4) is 6.07 Å². The lowest BCUT2D eigenvalue weighted by Crippen LogP contribution is -2.31. The molecule has 6 heteroatoms. The number of ether oxygens (including phenoxy) is 1. The molecule has 1 N–H and O–H groups in total. The minimum absolute atomic E-state index is 0.195. The summed E-state index contributed by atoms with van der Waals surface area (Å²) in [6.07, 6.45) is 0. The Balaban J connectivity index is 1.84. The molecule has 0 aliphatic carbocycles. The van der Waals surface area contributed by atoms with Crippen LogP contribution in [-0.4, -0.2) is 18.5 Å². The van der Waals surface area contributed by atoms with Crippen LogP contribution in [0.3, 0.4) is 0 Å². The molecular formula is C18H15BrN2O3. The average Bonchev–Trinajstić information content (AvgIpc) is 2.60. The van der Waals surface area contributed by atoms with E-state index in [1.54, 1.807) is 0 Å². The zero-order chi connectivity index (χ0) is 17.5. The van der Waals surface area contributed by atoms with E-state index in [0.717, 1.165) is 10.0 Å². The maximum absolute atomic E-state index is 11.9. The van der Waals surface area contributed by atoms with Crippen molar-refractivity contribution in [2.75, 3.05) is 6.61 Å². The topological polar surface area (TPSA) is 79.2 Å². The van der Waals surface area contributed by atoms with Gasteiger partial charge >= 0.3 is 5.97 Å². The second-order valence-electron chi connectivity index (χ2n) is 5.11. The van der Waals surface area contributed by atoms with Crippen molar-refractivity contribution in [3.63, 3.8) is 0 Å². The van der Waals surface area contributed by atoms with Crippen molar-refractivity contribution < 1.29 is 14.3 Å². The smallest absolute Gasteiger partial charge is 0.338 e. The van der Waals surface area contributed by atoms with Gasteiger partial charge < -0.3 is 10.1 Å². The Kier molecular flexibility index (Phi) is 6.10. The molecule has 0 saturated heterocycles. The van der Waals surface area contributed by atoms with E-state index in [2.05, 4.69) is 21.2 Å². The lowest BCUT2D eigenvalue weighted by Gasteiger charge is -2.14. The maximum atomic E-state index is 11.9. The molecule has 0 fully saturated rings. The Morgan fingerprint density at radius 2 is 1.79 bits per heavy atom. The number of nitriles is 1. The van der Waals surface area contributed by atoms with Crippen molar-refractivity contribution >= 4 is 27.8 Å². The standard InChI is InChI=1S/C18H15BrN2O3/c1-12(14-6-8-16(19)9-7-14)21-17(22)11-24-18(23)15-4-2-13(10-20)3-5-15/h2-9,12H,11H2,1H3,(H,21,22)/t12-/m0/s1. The van der Waals surface area contributed by atoms with E-state index >= 15 is 0 Å². The quantitative estimate of drug-likeness (QED) is 0.798. The van der Waals surface area contributed by atoms with Crippen molar-refractivity contribution in [3.05, 3.63) is 69.7 Å². The molecule has 122 valence electrons. The number of rotatable bonds is 5. The van der Waals surface area contributed by atoms with Gasteiger partial charge in [-0.15, -0.1) is 0 Å². The number of hydrogen-bond acceptors (Lipinski definition) is 4. The fourth-order valence-corrected chi connectivity index (χ4v) is 2.28. The molecule has 0 heterocycles. The van der Waals surface area contributed by atoms with Gasteiger partial charge in [-0.1, -0.05) is 28.1 Å². The summed E-state index contributed by atoms with van der Waals surface area (Å²) < 4.78 is 5.94. The Morgan fingerprint density at radius 1 is 1.17 bits per heavy atom. The minimum atomic E-state index is -0.606. The van der Waals surface area contributed by atoms with Crippen LogP contribution in [0.2, 0.25) is 0 Å². The van der Waals surface area contributed by atoms with Gasteiger partial charge in [0.05, 0.1) is 23.2 Å². The highest BCUT2D eigenvalue weighted by Gasteiger charge is 2.13. The van der Waals surface area contributed by atoms with E-state index in [0.29, 0.717) is 11.1 Å². The van der Waals surface area contributed by atoms with E-state index in [4.69, 9.17) is 10.00 Å². The number of carbonyl (C=O) groups excluding carboxylic acids is 2. The molecule has 0 spiro atoms. The lowest BCUT2D eigenvalue weighted by molar-refractivity contribution is -0.124. The Morgan fingerprint density at radius 3 is 2.38 bits per heavy atom. The monoisotopic (exact) mass is 386 g/mol. The molecule has 0 aliphatic rings. The van der Waals surface area contributed by atoms with Crippen molar-refractivity contribution in [1.29, 1.82) is 5.26 Å². The largest absolute Gasteiger partial charge is 0.452 e. The summed E-state index contributed by atoms with van der Waals surface area (Å²) in [6.45, 7) is 1.49. The molecule has 1 amide bonds. The van der Waals surface area contributed by atoms with Gasteiger partial charge in [-0.2, -0.15) is 5.26 Å². The summed E-state index contributed by atoms with van der Waals surface area (Å²) in [5.74, 6) is -0.988. The van der Waals surface area contributed by atoms with Crippen molar-refractivity contribution in [2.24, 2.45) is 0 Å². The summed E-state index contributed by atoms with van der Waals surface area (Å²) in [4.78, 5) is 23.7. The molecule has 0 bridgehead atoms. The summed E-state index contributed by atoms with van der Waals surface area (Å²) in [5.41, 5.74) is 1.69. The number of amides is 1. The first-order valence-corrected chi connectivity index (χ1v) is 8.01. The number of esters is 1. The van der Waals surface area contributed by atoms with E-state index in [1.807, 2.05) is 37.3 Å². The predicted octanol–water partition coefficient (Wildman–Crippen LogP) is 3.35. The molecule has 1 atom stereocenters. The highest BCUT2D eigenvalue weighted by Crippen LogP contribution is 2.16. The van der Waals surface area contributed by atoms with Crippen molar-refractivity contribution in [1.82, 2.24) is 5.32 Å². The maximum Gasteiger partial charge on any atom is 0.338 e. The Hall–Kier alpha value is -2.65. The van der Waals surface area contributed by atoms with Gasteiger partial charge in [-0.05, 0) is 48.9 Å². The fourth-order valence-electron chi connectivity index (χ4n) is 2.01. The molecule has 0 saturated carbocycles. The molecule has 0 aliphatic heterocycles. The molecule has 5 nitrogen and oxygen atoms in total. The average molecular weight is 387 g/mol. The van der Waals surface area contributed by atoms with Crippen molar-refractivity contribution in [2.45, 2.75) is 13.0 Å². The van der Waals surface area contributed by atoms with E-state index < -0.39 is 5.97 Å². The highest BCUT2D eigenvalue weighted by atomic mass is 79.9. The summed E-state index contributed by atoms with van der Waals surface area (Å²) >= 11 is 3.35. The SMILES string of the molecule is C[C@H](NC(=O)COC(=O)c1ccc(C#N)cc1)c1ccc(Br)cc1.